The van der Waals surface area contributed by atoms with Crippen molar-refractivity contribution in [3.63, 3.8) is 0 Å². The summed E-state index contributed by atoms with van der Waals surface area (Å²) < 4.78 is 13.5. The van der Waals surface area contributed by atoms with E-state index in [4.69, 9.17) is 9.47 Å². The van der Waals surface area contributed by atoms with Crippen LogP contribution in [-0.2, 0) is 11.4 Å². The smallest absolute Gasteiger partial charge is 0.293 e. The molecular weight excluding hydrogens is 618 g/mol. The van der Waals surface area contributed by atoms with Crippen molar-refractivity contribution in [3.8, 4) is 11.5 Å². The average molecular weight is 645 g/mol. The Labute approximate surface area is 238 Å². The second-order valence-electron chi connectivity index (χ2n) is 8.97. The molecule has 2 amide bonds. The van der Waals surface area contributed by atoms with E-state index in [0.29, 0.717) is 23.2 Å². The summed E-state index contributed by atoms with van der Waals surface area (Å²) in [6.07, 6.45) is 1.72. The Hall–Kier alpha value is -2.55. The quantitative estimate of drug-likeness (QED) is 0.219. The summed E-state index contributed by atoms with van der Waals surface area (Å²) in [5, 5.41) is -0.297. The van der Waals surface area contributed by atoms with Gasteiger partial charge >= 0.3 is 0 Å². The third-order valence-electron chi connectivity index (χ3n) is 5.78. The molecule has 3 aromatic carbocycles. The molecule has 0 spiro atoms. The van der Waals surface area contributed by atoms with Gasteiger partial charge in [-0.3, -0.25) is 14.5 Å². The maximum Gasteiger partial charge on any atom is 0.293 e. The van der Waals surface area contributed by atoms with Crippen molar-refractivity contribution in [2.45, 2.75) is 33.3 Å². The highest BCUT2D eigenvalue weighted by Gasteiger charge is 2.35. The molecule has 1 fully saturated rings. The number of halogens is 2. The van der Waals surface area contributed by atoms with Crippen LogP contribution in [0.1, 0.15) is 42.0 Å². The third-order valence-corrected chi connectivity index (χ3v) is 7.87. The highest BCUT2D eigenvalue weighted by atomic mass is 79.9. The lowest BCUT2D eigenvalue weighted by molar-refractivity contribution is -0.123. The molecule has 192 valence electrons. The van der Waals surface area contributed by atoms with Gasteiger partial charge in [-0.15, -0.1) is 0 Å². The van der Waals surface area contributed by atoms with Crippen LogP contribution in [0, 0.1) is 6.92 Å². The minimum Gasteiger partial charge on any atom is -0.491 e. The predicted octanol–water partition coefficient (Wildman–Crippen LogP) is 8.34. The van der Waals surface area contributed by atoms with Crippen molar-refractivity contribution in [1.82, 2.24) is 4.90 Å². The van der Waals surface area contributed by atoms with Crippen molar-refractivity contribution in [1.29, 1.82) is 0 Å². The average Bonchev–Trinajstić information content (AvgIpc) is 3.11. The Kier molecular flexibility index (Phi) is 9.16. The minimum absolute atomic E-state index is 0.188. The Morgan fingerprint density at radius 3 is 2.35 bits per heavy atom. The number of aryl methyl sites for hydroxylation is 1. The summed E-state index contributed by atoms with van der Waals surface area (Å²) in [7, 11) is 0. The molecule has 1 aliphatic heterocycles. The van der Waals surface area contributed by atoms with Crippen molar-refractivity contribution in [2.24, 2.45) is 0 Å². The number of rotatable bonds is 9. The fourth-order valence-corrected chi connectivity index (χ4v) is 6.18. The Morgan fingerprint density at radius 1 is 0.973 bits per heavy atom. The number of nitrogens with zero attached hydrogens (tertiary/aromatic N) is 1. The van der Waals surface area contributed by atoms with Crippen molar-refractivity contribution in [3.05, 3.63) is 96.8 Å². The van der Waals surface area contributed by atoms with E-state index >= 15 is 0 Å². The Morgan fingerprint density at radius 2 is 1.68 bits per heavy atom. The van der Waals surface area contributed by atoms with E-state index in [-0.39, 0.29) is 24.3 Å². The standard InChI is InChI=1S/C29H27Br2NO4S/c1-18(2)22-10-9-19(3)13-25(22)35-12-11-32-28(33)26(37-29(32)34)16-21-14-23(30)27(24(31)15-21)36-17-20-7-5-4-6-8-20/h4-10,13-16,18H,11-12,17H2,1-3H3/b26-16-. The highest BCUT2D eigenvalue weighted by Crippen LogP contribution is 2.38. The number of ether oxygens (including phenoxy) is 2. The van der Waals surface area contributed by atoms with Crippen LogP contribution >= 0.6 is 43.6 Å². The Bertz CT molecular complexity index is 1320. The van der Waals surface area contributed by atoms with Crippen LogP contribution in [0.15, 0.2) is 74.5 Å². The molecule has 0 aromatic heterocycles. The molecule has 0 bridgehead atoms. The van der Waals surface area contributed by atoms with Gasteiger partial charge in [-0.2, -0.15) is 0 Å². The van der Waals surface area contributed by atoms with E-state index in [2.05, 4.69) is 57.8 Å². The molecule has 1 saturated heterocycles. The first kappa shape index (κ1) is 27.5. The van der Waals surface area contributed by atoms with Crippen LogP contribution in [0.4, 0.5) is 4.79 Å². The fourth-order valence-electron chi connectivity index (χ4n) is 3.87. The lowest BCUT2D eigenvalue weighted by Gasteiger charge is -2.17. The minimum atomic E-state index is -0.316. The SMILES string of the molecule is Cc1ccc(C(C)C)c(OCCN2C(=O)S/C(=C\c3cc(Br)c(OCc4ccccc4)c(Br)c3)C2=O)c1. The summed E-state index contributed by atoms with van der Waals surface area (Å²) in [5.74, 6) is 1.46. The summed E-state index contributed by atoms with van der Waals surface area (Å²) >= 11 is 8.07. The molecule has 0 atom stereocenters. The summed E-state index contributed by atoms with van der Waals surface area (Å²) in [5.41, 5.74) is 4.04. The summed E-state index contributed by atoms with van der Waals surface area (Å²) in [6, 6.07) is 19.8. The van der Waals surface area contributed by atoms with Gasteiger partial charge in [-0.05, 0) is 103 Å². The van der Waals surface area contributed by atoms with E-state index in [1.54, 1.807) is 6.08 Å². The fraction of sp³-hybridized carbons (Fsp3) is 0.241. The van der Waals surface area contributed by atoms with Crippen LogP contribution in [0.2, 0.25) is 0 Å². The Balaban J connectivity index is 1.41. The number of carbonyl (C=O) groups is 2. The number of imide groups is 1. The van der Waals surface area contributed by atoms with Gasteiger partial charge in [0.2, 0.25) is 0 Å². The van der Waals surface area contributed by atoms with E-state index in [9.17, 15) is 9.59 Å². The second-order valence-corrected chi connectivity index (χ2v) is 11.7. The number of hydrogen-bond donors (Lipinski definition) is 0. The van der Waals surface area contributed by atoms with Gasteiger partial charge in [0.25, 0.3) is 11.1 Å². The first-order valence-electron chi connectivity index (χ1n) is 11.9. The molecule has 8 heteroatoms. The zero-order valence-electron chi connectivity index (χ0n) is 20.8. The molecule has 0 radical (unpaired) electrons. The van der Waals surface area contributed by atoms with Crippen LogP contribution in [-0.4, -0.2) is 29.2 Å². The van der Waals surface area contributed by atoms with Gasteiger partial charge in [0.1, 0.15) is 24.7 Å². The van der Waals surface area contributed by atoms with Crippen molar-refractivity contribution in [2.75, 3.05) is 13.2 Å². The lowest BCUT2D eigenvalue weighted by atomic mass is 10.0. The van der Waals surface area contributed by atoms with Gasteiger partial charge in [0.05, 0.1) is 20.4 Å². The van der Waals surface area contributed by atoms with Crippen molar-refractivity contribution >= 4 is 60.8 Å². The number of amides is 2. The van der Waals surface area contributed by atoms with Crippen molar-refractivity contribution < 1.29 is 19.1 Å². The summed E-state index contributed by atoms with van der Waals surface area (Å²) in [4.78, 5) is 27.2. The van der Waals surface area contributed by atoms with Gasteiger partial charge in [-0.1, -0.05) is 56.3 Å². The molecule has 0 aliphatic carbocycles. The van der Waals surface area contributed by atoms with Crippen LogP contribution in [0.3, 0.4) is 0 Å². The van der Waals surface area contributed by atoms with Gasteiger partial charge < -0.3 is 9.47 Å². The van der Waals surface area contributed by atoms with E-state index in [0.717, 1.165) is 48.7 Å². The topological polar surface area (TPSA) is 55.8 Å². The largest absolute Gasteiger partial charge is 0.491 e. The van der Waals surface area contributed by atoms with Crippen LogP contribution in [0.5, 0.6) is 11.5 Å². The normalized spacial score (nSPS) is 14.6. The maximum atomic E-state index is 13.0. The van der Waals surface area contributed by atoms with Gasteiger partial charge in [0, 0.05) is 0 Å². The zero-order chi connectivity index (χ0) is 26.5. The zero-order valence-corrected chi connectivity index (χ0v) is 24.8. The first-order valence-corrected chi connectivity index (χ1v) is 14.3. The number of hydrogen-bond acceptors (Lipinski definition) is 5. The molecule has 0 unspecified atom stereocenters. The van der Waals surface area contributed by atoms with Gasteiger partial charge in [0.15, 0.2) is 0 Å². The monoisotopic (exact) mass is 643 g/mol. The molecule has 1 aliphatic rings. The molecule has 4 rings (SSSR count). The van der Waals surface area contributed by atoms with E-state index in [1.807, 2.05) is 55.5 Å². The third kappa shape index (κ3) is 6.86. The number of thioether (sulfide) groups is 1. The molecular formula is C29H27Br2NO4S. The van der Waals surface area contributed by atoms with E-state index in [1.165, 1.54) is 4.90 Å². The van der Waals surface area contributed by atoms with Gasteiger partial charge in [-0.25, -0.2) is 0 Å². The summed E-state index contributed by atoms with van der Waals surface area (Å²) in [6.45, 7) is 7.08. The lowest BCUT2D eigenvalue weighted by Crippen LogP contribution is -2.32. The van der Waals surface area contributed by atoms with E-state index < -0.39 is 0 Å². The van der Waals surface area contributed by atoms with Crippen LogP contribution in [0.25, 0.3) is 6.08 Å². The first-order chi connectivity index (χ1) is 17.7. The molecule has 1 heterocycles. The molecule has 37 heavy (non-hydrogen) atoms. The molecule has 5 nitrogen and oxygen atoms in total. The molecule has 0 N–H and O–H groups in total. The predicted molar refractivity (Wildman–Crippen MR) is 156 cm³/mol. The maximum absolute atomic E-state index is 13.0. The molecule has 0 saturated carbocycles. The van der Waals surface area contributed by atoms with Crippen LogP contribution < -0.4 is 9.47 Å². The highest BCUT2D eigenvalue weighted by molar-refractivity contribution is 9.11. The second kappa shape index (κ2) is 12.3. The number of benzene rings is 3. The number of carbonyl (C=O) groups excluding carboxylic acids is 2. The molecule has 3 aromatic rings.